The Morgan fingerprint density at radius 2 is 1.60 bits per heavy atom. The van der Waals surface area contributed by atoms with Gasteiger partial charge in [0.1, 0.15) is 12.1 Å². The first-order valence-electron chi connectivity index (χ1n) is 15.4. The summed E-state index contributed by atoms with van der Waals surface area (Å²) >= 11 is 0. The van der Waals surface area contributed by atoms with E-state index >= 15 is 0 Å². The Balaban J connectivity index is 1.68. The number of amides is 4. The van der Waals surface area contributed by atoms with Gasteiger partial charge in [-0.25, -0.2) is 0 Å². The van der Waals surface area contributed by atoms with Gasteiger partial charge in [0.25, 0.3) is 0 Å². The van der Waals surface area contributed by atoms with Gasteiger partial charge in [-0.3, -0.25) is 19.2 Å². The number of benzene rings is 3. The number of nitrogens with zero attached hydrogens (tertiary/aromatic N) is 4. The highest BCUT2D eigenvalue weighted by Gasteiger charge is 2.41. The third-order valence-electron chi connectivity index (χ3n) is 8.21. The van der Waals surface area contributed by atoms with E-state index in [0.717, 1.165) is 21.9 Å². The molecule has 1 fully saturated rings. The summed E-state index contributed by atoms with van der Waals surface area (Å²) in [6.07, 6.45) is 4.26. The molecule has 9 nitrogen and oxygen atoms in total. The third kappa shape index (κ3) is 8.79. The van der Waals surface area contributed by atoms with Crippen molar-refractivity contribution in [1.29, 1.82) is 0 Å². The fraction of sp³-hybridized carbons (Fsp3) is 0.389. The summed E-state index contributed by atoms with van der Waals surface area (Å²) in [7, 11) is 4.94. The van der Waals surface area contributed by atoms with E-state index in [9.17, 15) is 19.2 Å². The van der Waals surface area contributed by atoms with E-state index in [2.05, 4.69) is 0 Å². The lowest BCUT2D eigenvalue weighted by Crippen LogP contribution is -2.63. The van der Waals surface area contributed by atoms with Crippen LogP contribution in [0.3, 0.4) is 0 Å². The van der Waals surface area contributed by atoms with E-state index in [0.29, 0.717) is 12.8 Å². The van der Waals surface area contributed by atoms with E-state index in [-0.39, 0.29) is 49.7 Å². The molecular weight excluding hydrogens is 566 g/mol. The Bertz CT molecular complexity index is 1550. The summed E-state index contributed by atoms with van der Waals surface area (Å²) in [4.78, 5) is 60.5. The molecule has 1 aliphatic heterocycles. The highest BCUT2D eigenvalue weighted by molar-refractivity contribution is 5.96. The molecule has 1 saturated heterocycles. The maximum atomic E-state index is 14.6. The molecule has 45 heavy (non-hydrogen) atoms. The van der Waals surface area contributed by atoms with Crippen LogP contribution in [0.5, 0.6) is 0 Å². The number of carbonyl (C=O) groups is 4. The fourth-order valence-corrected chi connectivity index (χ4v) is 5.50. The van der Waals surface area contributed by atoms with Crippen molar-refractivity contribution in [1.82, 2.24) is 19.6 Å². The van der Waals surface area contributed by atoms with Crippen LogP contribution in [0.4, 0.5) is 0 Å². The third-order valence-corrected chi connectivity index (χ3v) is 8.21. The Labute approximate surface area is 266 Å². The summed E-state index contributed by atoms with van der Waals surface area (Å²) in [6.45, 7) is 4.18. The van der Waals surface area contributed by atoms with Crippen LogP contribution in [-0.2, 0) is 32.0 Å². The SMILES string of the molecule is CN(C)C(=O)CN1CCN(C(=O)[C@@H](Cc2ccc3ccccc3c2)N(C)C(=O)C=CCC(C)(C)N)[C@H](Cc2ccccc2)C1=O. The van der Waals surface area contributed by atoms with E-state index < -0.39 is 17.6 Å². The topological polar surface area (TPSA) is 107 Å². The highest BCUT2D eigenvalue weighted by Crippen LogP contribution is 2.23. The van der Waals surface area contributed by atoms with Crippen molar-refractivity contribution in [3.63, 3.8) is 0 Å². The minimum absolute atomic E-state index is 0.0552. The molecule has 2 N–H and O–H groups in total. The zero-order chi connectivity index (χ0) is 32.7. The second-order valence-electron chi connectivity index (χ2n) is 12.7. The largest absolute Gasteiger partial charge is 0.347 e. The molecule has 2 atom stereocenters. The molecule has 9 heteroatoms. The first-order chi connectivity index (χ1) is 21.3. The van der Waals surface area contributed by atoms with Crippen LogP contribution in [0.25, 0.3) is 10.8 Å². The van der Waals surface area contributed by atoms with Gasteiger partial charge in [0, 0.05) is 52.6 Å². The summed E-state index contributed by atoms with van der Waals surface area (Å²) < 4.78 is 0. The summed E-state index contributed by atoms with van der Waals surface area (Å²) in [5.41, 5.74) is 7.43. The van der Waals surface area contributed by atoms with E-state index in [1.54, 1.807) is 32.1 Å². The minimum Gasteiger partial charge on any atom is -0.347 e. The molecule has 0 saturated carbocycles. The number of hydrogen-bond donors (Lipinski definition) is 1. The monoisotopic (exact) mass is 611 g/mol. The summed E-state index contributed by atoms with van der Waals surface area (Å²) in [6, 6.07) is 21.9. The predicted octanol–water partition coefficient (Wildman–Crippen LogP) is 3.26. The number of fused-ring (bicyclic) bond motifs is 1. The van der Waals surface area contributed by atoms with Crippen molar-refractivity contribution in [3.8, 4) is 0 Å². The van der Waals surface area contributed by atoms with Crippen LogP contribution in [0.2, 0.25) is 0 Å². The standard InChI is InChI=1S/C36H45N5O4/c1-36(2,37)19-11-16-32(42)39(5)30(24-27-17-18-28-14-9-10-15-29(28)22-27)35(45)41-21-20-40(25-33(43)38(3)4)34(44)31(41)23-26-12-7-6-8-13-26/h6-18,22,30-31H,19-21,23-25,37H2,1-5H3/t30-,31-/m1/s1. The van der Waals surface area contributed by atoms with Crippen molar-refractivity contribution in [2.45, 2.75) is 50.7 Å². The van der Waals surface area contributed by atoms with Crippen LogP contribution < -0.4 is 5.73 Å². The maximum Gasteiger partial charge on any atom is 0.246 e. The molecule has 4 rings (SSSR count). The molecule has 0 aliphatic carbocycles. The number of likely N-dealkylation sites (N-methyl/N-ethyl adjacent to an activating group) is 2. The molecule has 3 aromatic carbocycles. The molecular formula is C36H45N5O4. The first-order valence-corrected chi connectivity index (χ1v) is 15.4. The lowest BCUT2D eigenvalue weighted by atomic mass is 9.96. The Kier molecular flexibility index (Phi) is 10.8. The first kappa shape index (κ1) is 33.4. The van der Waals surface area contributed by atoms with Gasteiger partial charge < -0.3 is 25.3 Å². The average molecular weight is 612 g/mol. The van der Waals surface area contributed by atoms with Crippen LogP contribution in [0.15, 0.2) is 84.9 Å². The van der Waals surface area contributed by atoms with Crippen LogP contribution >= 0.6 is 0 Å². The zero-order valence-corrected chi connectivity index (χ0v) is 27.0. The summed E-state index contributed by atoms with van der Waals surface area (Å²) in [5, 5.41) is 2.12. The number of rotatable bonds is 11. The lowest BCUT2D eigenvalue weighted by molar-refractivity contribution is -0.157. The van der Waals surface area contributed by atoms with Crippen molar-refractivity contribution in [2.24, 2.45) is 5.73 Å². The van der Waals surface area contributed by atoms with Gasteiger partial charge in [-0.1, -0.05) is 78.9 Å². The molecule has 3 aromatic rings. The van der Waals surface area contributed by atoms with Gasteiger partial charge in [-0.15, -0.1) is 0 Å². The van der Waals surface area contributed by atoms with Crippen molar-refractivity contribution >= 4 is 34.4 Å². The Morgan fingerprint density at radius 3 is 2.27 bits per heavy atom. The molecule has 0 radical (unpaired) electrons. The van der Waals surface area contributed by atoms with Gasteiger partial charge in [-0.2, -0.15) is 0 Å². The second kappa shape index (κ2) is 14.5. The molecule has 1 heterocycles. The number of hydrogen-bond acceptors (Lipinski definition) is 5. The molecule has 0 spiro atoms. The molecule has 4 amide bonds. The Morgan fingerprint density at radius 1 is 0.933 bits per heavy atom. The van der Waals surface area contributed by atoms with Gasteiger partial charge in [0.15, 0.2) is 0 Å². The second-order valence-corrected chi connectivity index (χ2v) is 12.7. The number of carbonyl (C=O) groups excluding carboxylic acids is 4. The molecule has 238 valence electrons. The van der Waals surface area contributed by atoms with Crippen LogP contribution in [0.1, 0.15) is 31.4 Å². The number of nitrogens with two attached hydrogens (primary N) is 1. The van der Waals surface area contributed by atoms with Crippen molar-refractivity contribution < 1.29 is 19.2 Å². The Hall–Kier alpha value is -4.50. The molecule has 0 aromatic heterocycles. The zero-order valence-electron chi connectivity index (χ0n) is 27.0. The smallest absolute Gasteiger partial charge is 0.246 e. The van der Waals surface area contributed by atoms with Gasteiger partial charge >= 0.3 is 0 Å². The van der Waals surface area contributed by atoms with Gasteiger partial charge in [0.05, 0.1) is 6.54 Å². The van der Waals surface area contributed by atoms with Crippen molar-refractivity contribution in [3.05, 3.63) is 96.1 Å². The highest BCUT2D eigenvalue weighted by atomic mass is 16.2. The molecule has 1 aliphatic rings. The normalized spacial score (nSPS) is 16.2. The predicted molar refractivity (Wildman–Crippen MR) is 177 cm³/mol. The molecule has 0 bridgehead atoms. The summed E-state index contributed by atoms with van der Waals surface area (Å²) in [5.74, 6) is -1.09. The van der Waals surface area contributed by atoms with Gasteiger partial charge in [0.2, 0.25) is 23.6 Å². The van der Waals surface area contributed by atoms with Crippen LogP contribution in [-0.4, -0.2) is 102 Å². The van der Waals surface area contributed by atoms with E-state index in [4.69, 9.17) is 5.73 Å². The van der Waals surface area contributed by atoms with E-state index in [1.807, 2.05) is 86.6 Å². The van der Waals surface area contributed by atoms with Crippen molar-refractivity contribution in [2.75, 3.05) is 40.8 Å². The number of piperazine rings is 1. The van der Waals surface area contributed by atoms with Gasteiger partial charge in [-0.05, 0) is 48.2 Å². The lowest BCUT2D eigenvalue weighted by Gasteiger charge is -2.43. The van der Waals surface area contributed by atoms with Crippen LogP contribution in [0, 0.1) is 0 Å². The molecule has 0 unspecified atom stereocenters. The minimum atomic E-state index is -0.866. The quantitative estimate of drug-likeness (QED) is 0.335. The average Bonchev–Trinajstić information content (AvgIpc) is 3.00. The maximum absolute atomic E-state index is 14.6. The fourth-order valence-electron chi connectivity index (χ4n) is 5.50. The van der Waals surface area contributed by atoms with E-state index in [1.165, 1.54) is 20.8 Å².